The summed E-state index contributed by atoms with van der Waals surface area (Å²) in [6.45, 7) is 0. The van der Waals surface area contributed by atoms with Gasteiger partial charge < -0.3 is 5.11 Å². The Kier molecular flexibility index (Phi) is 9.86. The fourth-order valence-corrected chi connectivity index (χ4v) is 3.77. The van der Waals surface area contributed by atoms with Gasteiger partial charge in [0, 0.05) is 6.42 Å². The van der Waals surface area contributed by atoms with Gasteiger partial charge in [-0.3, -0.25) is 4.79 Å². The predicted octanol–water partition coefficient (Wildman–Crippen LogP) is 6.72. The number of rotatable bonds is 13. The van der Waals surface area contributed by atoms with E-state index >= 15 is 0 Å². The Bertz CT molecular complexity index is 571. The first-order valence-electron chi connectivity index (χ1n) is 10.4. The van der Waals surface area contributed by atoms with Crippen molar-refractivity contribution in [2.45, 2.75) is 77.0 Å². The highest BCUT2D eigenvalue weighted by Gasteiger charge is 2.10. The quantitative estimate of drug-likeness (QED) is 0.399. The molecule has 2 heteroatoms. The molecular weight excluding hydrogens is 320 g/mol. The average Bonchev–Trinajstić information content (AvgIpc) is 2.67. The van der Waals surface area contributed by atoms with Gasteiger partial charge in [-0.05, 0) is 56.4 Å². The van der Waals surface area contributed by atoms with Crippen LogP contribution in [0.1, 0.15) is 76.2 Å². The summed E-state index contributed by atoms with van der Waals surface area (Å²) in [5, 5.41) is 8.82. The van der Waals surface area contributed by atoms with E-state index < -0.39 is 5.97 Å². The van der Waals surface area contributed by atoms with Crippen molar-refractivity contribution in [3.05, 3.63) is 59.7 Å². The average molecular weight is 355 g/mol. The second-order valence-electron chi connectivity index (χ2n) is 7.53. The van der Waals surface area contributed by atoms with Crippen molar-refractivity contribution in [1.29, 1.82) is 0 Å². The second kappa shape index (κ2) is 12.5. The molecule has 0 amide bonds. The highest BCUT2D eigenvalue weighted by Crippen LogP contribution is 2.24. The van der Waals surface area contributed by atoms with E-state index in [1.807, 2.05) is 0 Å². The zero-order chi connectivity index (χ0) is 18.5. The molecule has 0 heterocycles. The summed E-state index contributed by atoms with van der Waals surface area (Å²) in [4.78, 5) is 10.7. The van der Waals surface area contributed by atoms with Crippen LogP contribution in [-0.4, -0.2) is 11.1 Å². The molecule has 2 nitrogen and oxygen atoms in total. The Balaban J connectivity index is 1.70. The largest absolute Gasteiger partial charge is 0.481 e. The number of hydrogen-bond acceptors (Lipinski definition) is 1. The van der Waals surface area contributed by atoms with E-state index in [1.54, 1.807) is 0 Å². The van der Waals surface area contributed by atoms with Crippen LogP contribution in [0.2, 0.25) is 0 Å². The lowest BCUT2D eigenvalue weighted by atomic mass is 9.89. The Morgan fingerprint density at radius 1 is 0.923 bits per heavy atom. The van der Waals surface area contributed by atoms with E-state index in [2.05, 4.69) is 48.6 Å². The first-order valence-corrected chi connectivity index (χ1v) is 10.4. The van der Waals surface area contributed by atoms with Crippen LogP contribution in [0.15, 0.2) is 54.1 Å². The highest BCUT2D eigenvalue weighted by atomic mass is 16.4. The molecule has 1 aliphatic rings. The van der Waals surface area contributed by atoms with E-state index in [1.165, 1.54) is 62.5 Å². The molecule has 0 aliphatic heterocycles. The standard InChI is InChI=1S/C24H34O2/c25-24(26)18-10-9-17-23(20-19-22-13-5-2-6-14-22)16-8-7-15-21-11-3-1-4-12-21/h2-3,5-6,11-14,23H,1,4,7-10,15-20H2,(H,25,26). The number of carboxylic acid groups (broad SMARTS) is 1. The molecule has 1 aromatic rings. The van der Waals surface area contributed by atoms with E-state index in [4.69, 9.17) is 5.11 Å². The molecule has 0 fully saturated rings. The van der Waals surface area contributed by atoms with Crippen LogP contribution in [0.3, 0.4) is 0 Å². The van der Waals surface area contributed by atoms with Crippen molar-refractivity contribution >= 4 is 5.97 Å². The van der Waals surface area contributed by atoms with Gasteiger partial charge in [0.2, 0.25) is 0 Å². The fourth-order valence-electron chi connectivity index (χ4n) is 3.77. The number of carbonyl (C=O) groups is 1. The van der Waals surface area contributed by atoms with Crippen molar-refractivity contribution in [2.24, 2.45) is 5.92 Å². The fraction of sp³-hybridized carbons (Fsp3) is 0.542. The molecular formula is C24H34O2. The van der Waals surface area contributed by atoms with Gasteiger partial charge in [0.05, 0.1) is 0 Å². The van der Waals surface area contributed by atoms with Gasteiger partial charge in [-0.15, -0.1) is 0 Å². The summed E-state index contributed by atoms with van der Waals surface area (Å²) in [6.07, 6.45) is 20.1. The van der Waals surface area contributed by atoms with Gasteiger partial charge in [0.1, 0.15) is 0 Å². The molecule has 0 radical (unpaired) electrons. The molecule has 26 heavy (non-hydrogen) atoms. The lowest BCUT2D eigenvalue weighted by Crippen LogP contribution is -2.04. The number of allylic oxidation sites excluding steroid dienone is 4. The summed E-state index contributed by atoms with van der Waals surface area (Å²) < 4.78 is 0. The summed E-state index contributed by atoms with van der Waals surface area (Å²) in [7, 11) is 0. The zero-order valence-corrected chi connectivity index (χ0v) is 16.0. The number of aliphatic carboxylic acids is 1. The van der Waals surface area contributed by atoms with Crippen molar-refractivity contribution in [1.82, 2.24) is 0 Å². The van der Waals surface area contributed by atoms with Gasteiger partial charge in [-0.1, -0.05) is 79.8 Å². The molecule has 1 aliphatic carbocycles. The number of aryl methyl sites for hydroxylation is 1. The molecule has 142 valence electrons. The predicted molar refractivity (Wildman–Crippen MR) is 109 cm³/mol. The van der Waals surface area contributed by atoms with Crippen LogP contribution < -0.4 is 0 Å². The first-order chi connectivity index (χ1) is 12.7. The van der Waals surface area contributed by atoms with E-state index in [0.717, 1.165) is 25.2 Å². The minimum Gasteiger partial charge on any atom is -0.481 e. The summed E-state index contributed by atoms with van der Waals surface area (Å²) in [5.74, 6) is 0.0551. The number of carboxylic acids is 1. The van der Waals surface area contributed by atoms with Crippen LogP contribution in [0.25, 0.3) is 0 Å². The van der Waals surface area contributed by atoms with Crippen LogP contribution in [0.4, 0.5) is 0 Å². The third-order valence-corrected chi connectivity index (χ3v) is 5.34. The molecule has 0 aromatic heterocycles. The minimum atomic E-state index is -0.667. The summed E-state index contributed by atoms with van der Waals surface area (Å²) >= 11 is 0. The monoisotopic (exact) mass is 354 g/mol. The van der Waals surface area contributed by atoms with Crippen LogP contribution >= 0.6 is 0 Å². The van der Waals surface area contributed by atoms with Crippen LogP contribution in [0, 0.1) is 5.92 Å². The molecule has 0 saturated carbocycles. The normalized spacial score (nSPS) is 14.8. The molecule has 1 aromatic carbocycles. The van der Waals surface area contributed by atoms with Gasteiger partial charge in [0.15, 0.2) is 0 Å². The second-order valence-corrected chi connectivity index (χ2v) is 7.53. The maximum absolute atomic E-state index is 10.7. The maximum atomic E-state index is 10.7. The molecule has 1 N–H and O–H groups in total. The van der Waals surface area contributed by atoms with Crippen LogP contribution in [-0.2, 0) is 11.2 Å². The van der Waals surface area contributed by atoms with Gasteiger partial charge in [0.25, 0.3) is 0 Å². The Labute approximate surface area is 159 Å². The molecule has 1 unspecified atom stereocenters. The van der Waals surface area contributed by atoms with E-state index in [-0.39, 0.29) is 0 Å². The van der Waals surface area contributed by atoms with Crippen LogP contribution in [0.5, 0.6) is 0 Å². The van der Waals surface area contributed by atoms with Gasteiger partial charge in [-0.25, -0.2) is 0 Å². The first kappa shape index (κ1) is 20.5. The molecule has 1 atom stereocenters. The Morgan fingerprint density at radius 3 is 2.38 bits per heavy atom. The van der Waals surface area contributed by atoms with Crippen molar-refractivity contribution < 1.29 is 9.90 Å². The zero-order valence-electron chi connectivity index (χ0n) is 16.0. The highest BCUT2D eigenvalue weighted by molar-refractivity contribution is 5.66. The molecule has 2 rings (SSSR count). The third kappa shape index (κ3) is 9.03. The van der Waals surface area contributed by atoms with Crippen molar-refractivity contribution in [2.75, 3.05) is 0 Å². The lowest BCUT2D eigenvalue weighted by Gasteiger charge is -2.17. The number of benzene rings is 1. The molecule has 0 bridgehead atoms. The summed E-state index contributed by atoms with van der Waals surface area (Å²) in [5.41, 5.74) is 2.93. The molecule has 0 spiro atoms. The molecule has 0 saturated heterocycles. The number of unbranched alkanes of at least 4 members (excludes halogenated alkanes) is 2. The van der Waals surface area contributed by atoms with Crippen molar-refractivity contribution in [3.63, 3.8) is 0 Å². The Hall–Kier alpha value is -1.83. The van der Waals surface area contributed by atoms with E-state index in [0.29, 0.717) is 6.42 Å². The number of hydrogen-bond donors (Lipinski definition) is 1. The minimum absolute atomic E-state index is 0.311. The maximum Gasteiger partial charge on any atom is 0.303 e. The smallest absolute Gasteiger partial charge is 0.303 e. The van der Waals surface area contributed by atoms with Gasteiger partial charge >= 0.3 is 5.97 Å². The lowest BCUT2D eigenvalue weighted by molar-refractivity contribution is -0.137. The SMILES string of the molecule is O=C(O)CCCCC(CCCCC1=CCCC=C1)CCc1ccccc1. The topological polar surface area (TPSA) is 37.3 Å². The third-order valence-electron chi connectivity index (χ3n) is 5.34. The van der Waals surface area contributed by atoms with Gasteiger partial charge in [-0.2, -0.15) is 0 Å². The van der Waals surface area contributed by atoms with E-state index in [9.17, 15) is 4.79 Å². The Morgan fingerprint density at radius 2 is 1.69 bits per heavy atom. The summed E-state index contributed by atoms with van der Waals surface area (Å²) in [6, 6.07) is 10.7. The van der Waals surface area contributed by atoms with Crippen molar-refractivity contribution in [3.8, 4) is 0 Å².